The lowest BCUT2D eigenvalue weighted by Crippen LogP contribution is -2.08. The van der Waals surface area contributed by atoms with Gasteiger partial charge in [0, 0.05) is 5.69 Å². The monoisotopic (exact) mass is 246 g/mol. The summed E-state index contributed by atoms with van der Waals surface area (Å²) in [7, 11) is 1.37. The Labute approximate surface area is 105 Å². The Hall–Kier alpha value is -2.30. The number of methoxy groups -OCH3 is 1. The maximum absolute atomic E-state index is 11.6. The zero-order valence-electron chi connectivity index (χ0n) is 10.3. The number of anilines is 1. The number of aryl methyl sites for hydroxylation is 1. The molecule has 5 nitrogen and oxygen atoms in total. The van der Waals surface area contributed by atoms with Gasteiger partial charge in [0.05, 0.1) is 25.4 Å². The van der Waals surface area contributed by atoms with Crippen molar-refractivity contribution in [2.45, 2.75) is 13.5 Å². The predicted molar refractivity (Wildman–Crippen MR) is 66.3 cm³/mol. The fourth-order valence-electron chi connectivity index (χ4n) is 1.60. The summed E-state index contributed by atoms with van der Waals surface area (Å²) >= 11 is 0. The Kier molecular flexibility index (Phi) is 3.62. The minimum atomic E-state index is -0.362. The molecule has 1 aromatic heterocycles. The molecule has 0 saturated carbocycles. The minimum Gasteiger partial charge on any atom is -0.465 e. The largest absolute Gasteiger partial charge is 0.465 e. The van der Waals surface area contributed by atoms with Gasteiger partial charge in [-0.3, -0.25) is 0 Å². The standard InChI is InChI=1S/C13H14N2O3/c1-9-3-4-12(11(5-9)13(16)17-2)15-7-10-6-14-8-18-10/h3-6,8,15H,7H2,1-2H3. The van der Waals surface area contributed by atoms with Crippen LogP contribution in [0.1, 0.15) is 21.7 Å². The van der Waals surface area contributed by atoms with E-state index in [9.17, 15) is 4.79 Å². The number of hydrogen-bond acceptors (Lipinski definition) is 5. The molecule has 0 spiro atoms. The summed E-state index contributed by atoms with van der Waals surface area (Å²) in [4.78, 5) is 15.5. The van der Waals surface area contributed by atoms with Crippen LogP contribution in [0, 0.1) is 6.92 Å². The molecule has 0 aliphatic heterocycles. The van der Waals surface area contributed by atoms with Gasteiger partial charge in [-0.2, -0.15) is 0 Å². The van der Waals surface area contributed by atoms with Crippen LogP contribution in [0.5, 0.6) is 0 Å². The third kappa shape index (κ3) is 2.68. The second kappa shape index (κ2) is 5.35. The van der Waals surface area contributed by atoms with E-state index in [1.807, 2.05) is 19.1 Å². The van der Waals surface area contributed by atoms with Gasteiger partial charge in [0.25, 0.3) is 0 Å². The Morgan fingerprint density at radius 3 is 3.00 bits per heavy atom. The molecule has 94 valence electrons. The zero-order chi connectivity index (χ0) is 13.0. The van der Waals surface area contributed by atoms with Gasteiger partial charge in [0.15, 0.2) is 6.39 Å². The highest BCUT2D eigenvalue weighted by molar-refractivity contribution is 5.95. The van der Waals surface area contributed by atoms with Crippen LogP contribution in [0.4, 0.5) is 5.69 Å². The van der Waals surface area contributed by atoms with Gasteiger partial charge in [0.1, 0.15) is 5.76 Å². The molecular weight excluding hydrogens is 232 g/mol. The summed E-state index contributed by atoms with van der Waals surface area (Å²) in [6.45, 7) is 2.39. The lowest BCUT2D eigenvalue weighted by Gasteiger charge is -2.10. The highest BCUT2D eigenvalue weighted by Crippen LogP contribution is 2.19. The molecule has 0 atom stereocenters. The molecule has 5 heteroatoms. The predicted octanol–water partition coefficient (Wildman–Crippen LogP) is 2.38. The van der Waals surface area contributed by atoms with Crippen molar-refractivity contribution < 1.29 is 13.9 Å². The molecule has 1 heterocycles. The van der Waals surface area contributed by atoms with Crippen molar-refractivity contribution in [3.05, 3.63) is 47.7 Å². The number of ether oxygens (including phenoxy) is 1. The number of oxazole rings is 1. The number of carbonyl (C=O) groups is 1. The van der Waals surface area contributed by atoms with Crippen LogP contribution in [0.25, 0.3) is 0 Å². The normalized spacial score (nSPS) is 10.1. The summed E-state index contributed by atoms with van der Waals surface area (Å²) in [6.07, 6.45) is 2.99. The lowest BCUT2D eigenvalue weighted by molar-refractivity contribution is 0.0601. The van der Waals surface area contributed by atoms with Gasteiger partial charge in [-0.05, 0) is 19.1 Å². The average molecular weight is 246 g/mol. The summed E-state index contributed by atoms with van der Waals surface area (Å²) < 4.78 is 9.87. The first-order valence-electron chi connectivity index (χ1n) is 5.51. The second-order valence-corrected chi connectivity index (χ2v) is 3.86. The molecule has 0 bridgehead atoms. The Bertz CT molecular complexity index is 535. The van der Waals surface area contributed by atoms with Crippen molar-refractivity contribution >= 4 is 11.7 Å². The van der Waals surface area contributed by atoms with Gasteiger partial charge >= 0.3 is 5.97 Å². The molecule has 1 aromatic carbocycles. The number of rotatable bonds is 4. The third-order valence-corrected chi connectivity index (χ3v) is 2.52. The average Bonchev–Trinajstić information content (AvgIpc) is 2.89. The topological polar surface area (TPSA) is 64.4 Å². The van der Waals surface area contributed by atoms with Crippen LogP contribution >= 0.6 is 0 Å². The smallest absolute Gasteiger partial charge is 0.339 e. The number of hydrogen-bond donors (Lipinski definition) is 1. The van der Waals surface area contributed by atoms with E-state index in [0.29, 0.717) is 23.6 Å². The highest BCUT2D eigenvalue weighted by Gasteiger charge is 2.12. The Morgan fingerprint density at radius 2 is 2.33 bits per heavy atom. The number of carbonyl (C=O) groups excluding carboxylic acids is 1. The first-order chi connectivity index (χ1) is 8.70. The Balaban J connectivity index is 2.18. The van der Waals surface area contributed by atoms with Crippen molar-refractivity contribution in [3.63, 3.8) is 0 Å². The van der Waals surface area contributed by atoms with Gasteiger partial charge in [-0.1, -0.05) is 11.6 Å². The van der Waals surface area contributed by atoms with Crippen molar-refractivity contribution in [1.29, 1.82) is 0 Å². The molecule has 2 aromatic rings. The summed E-state index contributed by atoms with van der Waals surface area (Å²) in [5, 5.41) is 3.12. The van der Waals surface area contributed by atoms with Crippen LogP contribution in [-0.2, 0) is 11.3 Å². The molecule has 0 unspecified atom stereocenters. The van der Waals surface area contributed by atoms with E-state index >= 15 is 0 Å². The maximum atomic E-state index is 11.6. The van der Waals surface area contributed by atoms with Crippen LogP contribution in [0.3, 0.4) is 0 Å². The first kappa shape index (κ1) is 12.2. The third-order valence-electron chi connectivity index (χ3n) is 2.52. The van der Waals surface area contributed by atoms with Crippen molar-refractivity contribution in [3.8, 4) is 0 Å². The van der Waals surface area contributed by atoms with E-state index in [2.05, 4.69) is 10.3 Å². The van der Waals surface area contributed by atoms with Gasteiger partial charge in [-0.15, -0.1) is 0 Å². The van der Waals surface area contributed by atoms with Crippen molar-refractivity contribution in [2.24, 2.45) is 0 Å². The molecule has 0 amide bonds. The van der Waals surface area contributed by atoms with Crippen molar-refractivity contribution in [1.82, 2.24) is 4.98 Å². The van der Waals surface area contributed by atoms with E-state index in [1.54, 1.807) is 12.3 Å². The molecule has 2 rings (SSSR count). The van der Waals surface area contributed by atoms with Crippen LogP contribution in [-0.4, -0.2) is 18.1 Å². The van der Waals surface area contributed by atoms with Crippen LogP contribution in [0.15, 0.2) is 35.2 Å². The number of aromatic nitrogens is 1. The summed E-state index contributed by atoms with van der Waals surface area (Å²) in [6, 6.07) is 5.56. The number of nitrogens with one attached hydrogen (secondary N) is 1. The lowest BCUT2D eigenvalue weighted by atomic mass is 10.1. The van der Waals surface area contributed by atoms with Gasteiger partial charge in [0.2, 0.25) is 0 Å². The van der Waals surface area contributed by atoms with Gasteiger partial charge in [-0.25, -0.2) is 9.78 Å². The first-order valence-corrected chi connectivity index (χ1v) is 5.51. The summed E-state index contributed by atoms with van der Waals surface area (Å²) in [5.41, 5.74) is 2.22. The fraction of sp³-hybridized carbons (Fsp3) is 0.231. The molecule has 0 aliphatic rings. The fourth-order valence-corrected chi connectivity index (χ4v) is 1.60. The number of esters is 1. The molecule has 0 radical (unpaired) electrons. The summed E-state index contributed by atoms with van der Waals surface area (Å²) in [5.74, 6) is 0.338. The SMILES string of the molecule is COC(=O)c1cc(C)ccc1NCc1cnco1. The molecular formula is C13H14N2O3. The van der Waals surface area contributed by atoms with E-state index < -0.39 is 0 Å². The quantitative estimate of drug-likeness (QED) is 0.839. The molecule has 0 aliphatic carbocycles. The Morgan fingerprint density at radius 1 is 1.50 bits per heavy atom. The van der Waals surface area contributed by atoms with E-state index in [4.69, 9.17) is 9.15 Å². The van der Waals surface area contributed by atoms with Gasteiger partial charge < -0.3 is 14.5 Å². The number of nitrogens with zero attached hydrogens (tertiary/aromatic N) is 1. The molecule has 0 saturated heterocycles. The zero-order valence-corrected chi connectivity index (χ0v) is 10.3. The highest BCUT2D eigenvalue weighted by atomic mass is 16.5. The van der Waals surface area contributed by atoms with Crippen LogP contribution < -0.4 is 5.32 Å². The van der Waals surface area contributed by atoms with E-state index in [-0.39, 0.29) is 5.97 Å². The number of benzene rings is 1. The van der Waals surface area contributed by atoms with E-state index in [0.717, 1.165) is 5.56 Å². The van der Waals surface area contributed by atoms with Crippen molar-refractivity contribution in [2.75, 3.05) is 12.4 Å². The molecule has 1 N–H and O–H groups in total. The minimum absolute atomic E-state index is 0.362. The van der Waals surface area contributed by atoms with E-state index in [1.165, 1.54) is 13.5 Å². The van der Waals surface area contributed by atoms with Crippen LogP contribution in [0.2, 0.25) is 0 Å². The molecule has 18 heavy (non-hydrogen) atoms. The second-order valence-electron chi connectivity index (χ2n) is 3.86. The molecule has 0 fully saturated rings. The maximum Gasteiger partial charge on any atom is 0.339 e.